The van der Waals surface area contributed by atoms with Gasteiger partial charge in [0.2, 0.25) is 5.91 Å². The third kappa shape index (κ3) is 6.10. The van der Waals surface area contributed by atoms with Crippen molar-refractivity contribution in [2.24, 2.45) is 0 Å². The zero-order valence-electron chi connectivity index (χ0n) is 9.54. The quantitative estimate of drug-likeness (QED) is 0.660. The molecule has 0 aromatic carbocycles. The van der Waals surface area contributed by atoms with E-state index < -0.39 is 12.1 Å². The van der Waals surface area contributed by atoms with Crippen LogP contribution in [0.25, 0.3) is 0 Å². The maximum Gasteiger partial charge on any atom is 0.490 e. The van der Waals surface area contributed by atoms with E-state index in [0.29, 0.717) is 6.04 Å². The average Bonchev–Trinajstić information content (AvgIpc) is 2.17. The summed E-state index contributed by atoms with van der Waals surface area (Å²) in [4.78, 5) is 21.7. The van der Waals surface area contributed by atoms with E-state index in [-0.39, 0.29) is 5.91 Å². The molecule has 1 heterocycles. The normalized spacial score (nSPS) is 20.3. The van der Waals surface area contributed by atoms with Crippen LogP contribution in [-0.4, -0.2) is 53.7 Å². The molecule has 100 valence electrons. The predicted molar refractivity (Wildman–Crippen MR) is 53.4 cm³/mol. The minimum absolute atomic E-state index is 0.189. The molecule has 1 amide bonds. The number of hydrogen-bond donors (Lipinski definition) is 2. The van der Waals surface area contributed by atoms with Crippen LogP contribution in [0.3, 0.4) is 0 Å². The lowest BCUT2D eigenvalue weighted by Gasteiger charge is -2.32. The Morgan fingerprint density at radius 3 is 2.12 bits per heavy atom. The van der Waals surface area contributed by atoms with E-state index >= 15 is 0 Å². The lowest BCUT2D eigenvalue weighted by Crippen LogP contribution is -2.51. The van der Waals surface area contributed by atoms with Crippen LogP contribution in [0.5, 0.6) is 0 Å². The number of alkyl halides is 3. The van der Waals surface area contributed by atoms with Gasteiger partial charge in [0.15, 0.2) is 0 Å². The number of carbonyl (C=O) groups is 2. The number of rotatable bonds is 0. The Bertz CT molecular complexity index is 281. The van der Waals surface area contributed by atoms with Crippen LogP contribution in [0, 0.1) is 0 Å². The highest BCUT2D eigenvalue weighted by Crippen LogP contribution is 2.13. The lowest BCUT2D eigenvalue weighted by atomic mass is 10.2. The second kappa shape index (κ2) is 6.43. The van der Waals surface area contributed by atoms with Crippen LogP contribution in [0.4, 0.5) is 13.2 Å². The molecule has 5 nitrogen and oxygen atoms in total. The monoisotopic (exact) mass is 256 g/mol. The molecule has 0 bridgehead atoms. The van der Waals surface area contributed by atoms with Crippen molar-refractivity contribution in [3.63, 3.8) is 0 Å². The first kappa shape index (κ1) is 15.7. The van der Waals surface area contributed by atoms with Gasteiger partial charge in [0.25, 0.3) is 0 Å². The molecule has 1 atom stereocenters. The van der Waals surface area contributed by atoms with Gasteiger partial charge in [-0.15, -0.1) is 0 Å². The van der Waals surface area contributed by atoms with Gasteiger partial charge in [0.05, 0.1) is 0 Å². The Balaban J connectivity index is 0.000000325. The van der Waals surface area contributed by atoms with Gasteiger partial charge in [-0.2, -0.15) is 13.2 Å². The summed E-state index contributed by atoms with van der Waals surface area (Å²) in [5.74, 6) is -2.57. The largest absolute Gasteiger partial charge is 0.490 e. The van der Waals surface area contributed by atoms with E-state index in [4.69, 9.17) is 9.90 Å². The fraction of sp³-hybridized carbons (Fsp3) is 0.778. The number of aliphatic carboxylic acids is 1. The topological polar surface area (TPSA) is 69.6 Å². The lowest BCUT2D eigenvalue weighted by molar-refractivity contribution is -0.192. The Labute approximate surface area is 96.6 Å². The molecular weight excluding hydrogens is 241 g/mol. The molecule has 2 N–H and O–H groups in total. The minimum Gasteiger partial charge on any atom is -0.475 e. The van der Waals surface area contributed by atoms with E-state index in [1.165, 1.54) is 0 Å². The van der Waals surface area contributed by atoms with E-state index in [9.17, 15) is 18.0 Å². The SMILES string of the molecule is CC(=O)N1CCNCC1C.O=C(O)C(F)(F)F. The molecule has 0 aliphatic carbocycles. The van der Waals surface area contributed by atoms with Gasteiger partial charge in [-0.3, -0.25) is 4.79 Å². The fourth-order valence-corrected chi connectivity index (χ4v) is 1.31. The van der Waals surface area contributed by atoms with Crippen molar-refractivity contribution < 1.29 is 27.9 Å². The van der Waals surface area contributed by atoms with E-state index in [0.717, 1.165) is 19.6 Å². The molecule has 1 aliphatic heterocycles. The van der Waals surface area contributed by atoms with Gasteiger partial charge in [0, 0.05) is 32.6 Å². The molecule has 1 aliphatic rings. The third-order valence-corrected chi connectivity index (χ3v) is 2.15. The first-order valence-electron chi connectivity index (χ1n) is 4.94. The summed E-state index contributed by atoms with van der Waals surface area (Å²) >= 11 is 0. The number of carboxylic acid groups (broad SMARTS) is 1. The van der Waals surface area contributed by atoms with Crippen molar-refractivity contribution in [1.82, 2.24) is 10.2 Å². The van der Waals surface area contributed by atoms with Crippen molar-refractivity contribution in [1.29, 1.82) is 0 Å². The smallest absolute Gasteiger partial charge is 0.475 e. The molecule has 0 radical (unpaired) electrons. The Morgan fingerprint density at radius 2 is 1.88 bits per heavy atom. The van der Waals surface area contributed by atoms with Gasteiger partial charge in [-0.25, -0.2) is 4.79 Å². The zero-order chi connectivity index (χ0) is 13.6. The van der Waals surface area contributed by atoms with Crippen LogP contribution in [-0.2, 0) is 9.59 Å². The predicted octanol–water partition coefficient (Wildman–Crippen LogP) is 0.460. The van der Waals surface area contributed by atoms with Crippen LogP contribution in [0.1, 0.15) is 13.8 Å². The number of carbonyl (C=O) groups excluding carboxylic acids is 1. The highest BCUT2D eigenvalue weighted by atomic mass is 19.4. The van der Waals surface area contributed by atoms with Gasteiger partial charge in [-0.1, -0.05) is 0 Å². The van der Waals surface area contributed by atoms with Crippen LogP contribution in [0.15, 0.2) is 0 Å². The number of halogens is 3. The Hall–Kier alpha value is -1.31. The van der Waals surface area contributed by atoms with Crippen molar-refractivity contribution in [3.8, 4) is 0 Å². The Morgan fingerprint density at radius 1 is 1.41 bits per heavy atom. The first-order valence-corrected chi connectivity index (χ1v) is 4.94. The van der Waals surface area contributed by atoms with Crippen molar-refractivity contribution >= 4 is 11.9 Å². The molecule has 17 heavy (non-hydrogen) atoms. The van der Waals surface area contributed by atoms with Gasteiger partial charge >= 0.3 is 12.1 Å². The second-order valence-corrected chi connectivity index (χ2v) is 3.57. The third-order valence-electron chi connectivity index (χ3n) is 2.15. The summed E-state index contributed by atoms with van der Waals surface area (Å²) in [5.41, 5.74) is 0. The summed E-state index contributed by atoms with van der Waals surface area (Å²) in [5, 5.41) is 10.4. The summed E-state index contributed by atoms with van der Waals surface area (Å²) in [7, 11) is 0. The van der Waals surface area contributed by atoms with Gasteiger partial charge in [0.1, 0.15) is 0 Å². The summed E-state index contributed by atoms with van der Waals surface area (Å²) in [6, 6.07) is 0.367. The van der Waals surface area contributed by atoms with Crippen molar-refractivity contribution in [2.45, 2.75) is 26.1 Å². The standard InChI is InChI=1S/C7H14N2O.C2HF3O2/c1-6-5-8-3-4-9(6)7(2)10;3-2(4,5)1(6)7/h6,8H,3-5H2,1-2H3;(H,6,7). The Kier molecular flexibility index (Phi) is 5.94. The number of amides is 1. The highest BCUT2D eigenvalue weighted by Gasteiger charge is 2.38. The van der Waals surface area contributed by atoms with Crippen LogP contribution in [0.2, 0.25) is 0 Å². The zero-order valence-corrected chi connectivity index (χ0v) is 9.54. The molecule has 0 spiro atoms. The molecule has 0 saturated carbocycles. The van der Waals surface area contributed by atoms with E-state index in [1.807, 2.05) is 4.90 Å². The van der Waals surface area contributed by atoms with Crippen LogP contribution < -0.4 is 5.32 Å². The number of carboxylic acids is 1. The molecule has 0 aromatic heterocycles. The molecular formula is C9H15F3N2O3. The fourth-order valence-electron chi connectivity index (χ4n) is 1.31. The number of hydrogen-bond acceptors (Lipinski definition) is 3. The molecule has 8 heteroatoms. The van der Waals surface area contributed by atoms with E-state index in [2.05, 4.69) is 12.2 Å². The van der Waals surface area contributed by atoms with E-state index in [1.54, 1.807) is 6.92 Å². The van der Waals surface area contributed by atoms with Gasteiger partial charge < -0.3 is 15.3 Å². The maximum absolute atomic E-state index is 10.9. The van der Waals surface area contributed by atoms with Crippen molar-refractivity contribution in [3.05, 3.63) is 0 Å². The number of piperazine rings is 1. The average molecular weight is 256 g/mol. The molecule has 1 unspecified atom stereocenters. The number of nitrogens with one attached hydrogen (secondary N) is 1. The minimum atomic E-state index is -5.08. The molecule has 0 aromatic rings. The number of nitrogens with zero attached hydrogens (tertiary/aromatic N) is 1. The summed E-state index contributed by atoms with van der Waals surface area (Å²) in [6.45, 7) is 6.41. The first-order chi connectivity index (χ1) is 7.66. The van der Waals surface area contributed by atoms with Crippen molar-refractivity contribution in [2.75, 3.05) is 19.6 Å². The molecule has 1 saturated heterocycles. The maximum atomic E-state index is 10.9. The van der Waals surface area contributed by atoms with Gasteiger partial charge in [-0.05, 0) is 6.92 Å². The molecule has 1 rings (SSSR count). The summed E-state index contributed by atoms with van der Waals surface area (Å²) < 4.78 is 31.7. The molecule has 1 fully saturated rings. The van der Waals surface area contributed by atoms with Crippen LogP contribution >= 0.6 is 0 Å². The highest BCUT2D eigenvalue weighted by molar-refractivity contribution is 5.73. The summed E-state index contributed by atoms with van der Waals surface area (Å²) in [6.07, 6.45) is -5.08. The second-order valence-electron chi connectivity index (χ2n) is 3.57.